The fraction of sp³-hybridized carbons (Fsp3) is 0.333. The van der Waals surface area contributed by atoms with Crippen LogP contribution in [0.3, 0.4) is 0 Å². The maximum Gasteiger partial charge on any atom is 0.323 e. The minimum absolute atomic E-state index is 0.0115. The Kier molecular flexibility index (Phi) is 3.30. The Morgan fingerprint density at radius 3 is 2.79 bits per heavy atom. The topological polar surface area (TPSA) is 59.3 Å². The summed E-state index contributed by atoms with van der Waals surface area (Å²) in [5, 5.41) is 7.50. The average molecular weight is 216 g/mol. The molecule has 0 saturated carbocycles. The highest BCUT2D eigenvalue weighted by Gasteiger charge is 2.15. The van der Waals surface area contributed by atoms with E-state index in [1.807, 2.05) is 0 Å². The van der Waals surface area contributed by atoms with Crippen LogP contribution < -0.4 is 5.56 Å². The van der Waals surface area contributed by atoms with E-state index < -0.39 is 11.3 Å². The predicted molar refractivity (Wildman–Crippen MR) is 52.7 cm³/mol. The summed E-state index contributed by atoms with van der Waals surface area (Å²) in [6, 6.07) is 4.73. The number of pyridine rings is 1. The molecule has 0 aliphatic heterocycles. The van der Waals surface area contributed by atoms with Gasteiger partial charge in [-0.25, -0.2) is 0 Å². The van der Waals surface area contributed by atoms with Crippen molar-refractivity contribution in [2.45, 2.75) is 18.8 Å². The third-order valence-electron chi connectivity index (χ3n) is 1.88. The van der Waals surface area contributed by atoms with Gasteiger partial charge in [-0.1, -0.05) is 6.07 Å². The number of carbonyl (C=O) groups is 1. The van der Waals surface area contributed by atoms with E-state index in [1.54, 1.807) is 19.1 Å². The van der Waals surface area contributed by atoms with Crippen molar-refractivity contribution in [3.63, 3.8) is 0 Å². The lowest BCUT2D eigenvalue weighted by Crippen LogP contribution is -2.29. The van der Waals surface area contributed by atoms with Gasteiger partial charge in [0.25, 0.3) is 5.56 Å². The highest BCUT2D eigenvalue weighted by Crippen LogP contribution is 2.02. The highest BCUT2D eigenvalue weighted by atomic mass is 35.5. The van der Waals surface area contributed by atoms with Gasteiger partial charge >= 0.3 is 5.97 Å². The molecule has 1 N–H and O–H groups in total. The third-order valence-corrected chi connectivity index (χ3v) is 2.20. The summed E-state index contributed by atoms with van der Waals surface area (Å²) >= 11 is 5.53. The molecule has 1 heterocycles. The minimum atomic E-state index is -1.12. The van der Waals surface area contributed by atoms with E-state index in [9.17, 15) is 9.59 Å². The number of aromatic nitrogens is 1. The fourth-order valence-electron chi connectivity index (χ4n) is 1.10. The molecule has 0 fully saturated rings. The lowest BCUT2D eigenvalue weighted by molar-refractivity contribution is -0.136. The number of rotatable bonds is 3. The number of alkyl halides is 1. The van der Waals surface area contributed by atoms with E-state index in [4.69, 9.17) is 16.7 Å². The molecule has 1 atom stereocenters. The van der Waals surface area contributed by atoms with Crippen LogP contribution in [0.25, 0.3) is 0 Å². The molecule has 4 nitrogen and oxygen atoms in total. The van der Waals surface area contributed by atoms with E-state index in [2.05, 4.69) is 0 Å². The van der Waals surface area contributed by atoms with Gasteiger partial charge in [-0.05, 0) is 13.0 Å². The molecular formula is C9H10ClNO3. The van der Waals surface area contributed by atoms with E-state index in [1.165, 1.54) is 10.6 Å². The first-order chi connectivity index (χ1) is 6.52. The van der Waals surface area contributed by atoms with Crippen LogP contribution >= 0.6 is 11.6 Å². The Balaban J connectivity index is 2.97. The molecular weight excluding hydrogens is 206 g/mol. The quantitative estimate of drug-likeness (QED) is 0.761. The molecule has 1 rings (SSSR count). The van der Waals surface area contributed by atoms with Crippen molar-refractivity contribution in [2.75, 3.05) is 0 Å². The zero-order valence-electron chi connectivity index (χ0n) is 7.61. The monoisotopic (exact) mass is 215 g/mol. The zero-order valence-corrected chi connectivity index (χ0v) is 8.36. The maximum atomic E-state index is 11.3. The third kappa shape index (κ3) is 2.35. The van der Waals surface area contributed by atoms with Gasteiger partial charge in [0.05, 0.1) is 6.54 Å². The molecule has 0 saturated heterocycles. The van der Waals surface area contributed by atoms with Crippen molar-refractivity contribution in [3.05, 3.63) is 34.2 Å². The second-order valence-electron chi connectivity index (χ2n) is 2.92. The largest absolute Gasteiger partial charge is 0.480 e. The number of aliphatic carboxylic acids is 1. The summed E-state index contributed by atoms with van der Waals surface area (Å²) in [6.45, 7) is 1.72. The molecule has 0 spiro atoms. The van der Waals surface area contributed by atoms with Crippen molar-refractivity contribution < 1.29 is 9.90 Å². The molecule has 0 aromatic carbocycles. The summed E-state index contributed by atoms with van der Waals surface area (Å²) in [6.07, 6.45) is 0. The molecule has 0 radical (unpaired) electrons. The highest BCUT2D eigenvalue weighted by molar-refractivity contribution is 6.29. The Morgan fingerprint density at radius 2 is 2.29 bits per heavy atom. The first-order valence-electron chi connectivity index (χ1n) is 4.05. The fourth-order valence-corrected chi connectivity index (χ4v) is 1.23. The smallest absolute Gasteiger partial charge is 0.323 e. The number of halogens is 1. The van der Waals surface area contributed by atoms with Crippen LogP contribution in [0.1, 0.15) is 5.69 Å². The van der Waals surface area contributed by atoms with Crippen molar-refractivity contribution in [2.24, 2.45) is 0 Å². The Bertz CT molecular complexity index is 399. The van der Waals surface area contributed by atoms with E-state index in [0.717, 1.165) is 0 Å². The van der Waals surface area contributed by atoms with Crippen molar-refractivity contribution >= 4 is 17.6 Å². The van der Waals surface area contributed by atoms with Crippen LogP contribution in [0.4, 0.5) is 0 Å². The molecule has 1 aromatic rings. The average Bonchev–Trinajstić information content (AvgIpc) is 2.11. The van der Waals surface area contributed by atoms with Crippen LogP contribution in [0.5, 0.6) is 0 Å². The van der Waals surface area contributed by atoms with E-state index in [-0.39, 0.29) is 12.1 Å². The van der Waals surface area contributed by atoms with Crippen molar-refractivity contribution in [1.29, 1.82) is 0 Å². The zero-order chi connectivity index (χ0) is 10.7. The van der Waals surface area contributed by atoms with Gasteiger partial charge in [-0.3, -0.25) is 9.59 Å². The number of hydrogen-bond donors (Lipinski definition) is 1. The van der Waals surface area contributed by atoms with Crippen LogP contribution in [-0.4, -0.2) is 21.0 Å². The van der Waals surface area contributed by atoms with Gasteiger partial charge in [0, 0.05) is 11.8 Å². The standard InChI is InChI=1S/C9H10ClNO3/c1-6-3-2-4-8(12)11(6)5-7(10)9(13)14/h2-4,7H,5H2,1H3,(H,13,14). The second kappa shape index (κ2) is 4.28. The maximum absolute atomic E-state index is 11.3. The Morgan fingerprint density at radius 1 is 1.64 bits per heavy atom. The van der Waals surface area contributed by atoms with Gasteiger partial charge in [0.1, 0.15) is 5.38 Å². The number of nitrogens with zero attached hydrogens (tertiary/aromatic N) is 1. The van der Waals surface area contributed by atoms with Gasteiger partial charge in [0.15, 0.2) is 0 Å². The first-order valence-corrected chi connectivity index (χ1v) is 4.49. The van der Waals surface area contributed by atoms with E-state index >= 15 is 0 Å². The molecule has 14 heavy (non-hydrogen) atoms. The molecule has 0 aliphatic carbocycles. The van der Waals surface area contributed by atoms with Crippen LogP contribution in [0.2, 0.25) is 0 Å². The van der Waals surface area contributed by atoms with Crippen LogP contribution in [-0.2, 0) is 11.3 Å². The van der Waals surface area contributed by atoms with Gasteiger partial charge in [0.2, 0.25) is 0 Å². The van der Waals surface area contributed by atoms with Crippen LogP contribution in [0, 0.1) is 6.92 Å². The summed E-state index contributed by atoms with van der Waals surface area (Å²) in [5.41, 5.74) is 0.460. The first kappa shape index (κ1) is 10.8. The lowest BCUT2D eigenvalue weighted by Gasteiger charge is -2.10. The molecule has 5 heteroatoms. The number of aryl methyl sites for hydroxylation is 1. The van der Waals surface area contributed by atoms with Crippen LogP contribution in [0.15, 0.2) is 23.0 Å². The lowest BCUT2D eigenvalue weighted by atomic mass is 10.3. The number of carboxylic acids is 1. The predicted octanol–water partition coefficient (Wildman–Crippen LogP) is 0.849. The molecule has 0 amide bonds. The second-order valence-corrected chi connectivity index (χ2v) is 3.45. The summed E-state index contributed by atoms with van der Waals surface area (Å²) in [7, 11) is 0. The molecule has 1 aromatic heterocycles. The SMILES string of the molecule is Cc1cccc(=O)n1CC(Cl)C(=O)O. The van der Waals surface area contributed by atoms with E-state index in [0.29, 0.717) is 5.69 Å². The molecule has 1 unspecified atom stereocenters. The molecule has 0 aliphatic rings. The van der Waals surface area contributed by atoms with Gasteiger partial charge < -0.3 is 9.67 Å². The van der Waals surface area contributed by atoms with Gasteiger partial charge in [-0.2, -0.15) is 0 Å². The Hall–Kier alpha value is -1.29. The van der Waals surface area contributed by atoms with Crippen molar-refractivity contribution in [1.82, 2.24) is 4.57 Å². The minimum Gasteiger partial charge on any atom is -0.480 e. The normalized spacial score (nSPS) is 12.4. The summed E-state index contributed by atoms with van der Waals surface area (Å²) in [5.74, 6) is -1.12. The molecule has 0 bridgehead atoms. The summed E-state index contributed by atoms with van der Waals surface area (Å²) < 4.78 is 1.34. The number of hydrogen-bond acceptors (Lipinski definition) is 2. The molecule has 76 valence electrons. The number of carboxylic acid groups (broad SMARTS) is 1. The Labute approximate surface area is 85.7 Å². The van der Waals surface area contributed by atoms with Crippen molar-refractivity contribution in [3.8, 4) is 0 Å². The van der Waals surface area contributed by atoms with Gasteiger partial charge in [-0.15, -0.1) is 11.6 Å². The summed E-state index contributed by atoms with van der Waals surface area (Å²) in [4.78, 5) is 21.8.